The Hall–Kier alpha value is -3.84. The van der Waals surface area contributed by atoms with Gasteiger partial charge in [0.1, 0.15) is 5.75 Å². The maximum Gasteiger partial charge on any atom is 0.170 e. The van der Waals surface area contributed by atoms with E-state index < -0.39 is 0 Å². The number of aromatic nitrogens is 2. The number of pyridine rings is 1. The molecule has 0 bridgehead atoms. The van der Waals surface area contributed by atoms with Crippen LogP contribution in [0.1, 0.15) is 54.1 Å². The lowest BCUT2D eigenvalue weighted by atomic mass is 9.96. The average molecular weight is 540 g/mol. The van der Waals surface area contributed by atoms with E-state index in [2.05, 4.69) is 95.9 Å². The molecule has 1 aliphatic rings. The number of benzene rings is 2. The molecule has 2 aromatic carbocycles. The molecule has 1 N–H and O–H groups in total. The third-order valence-corrected chi connectivity index (χ3v) is 8.09. The van der Waals surface area contributed by atoms with Gasteiger partial charge in [-0.15, -0.1) is 0 Å². The van der Waals surface area contributed by atoms with Crippen LogP contribution in [0.2, 0.25) is 0 Å². The minimum absolute atomic E-state index is 0.00982. The van der Waals surface area contributed by atoms with Crippen molar-refractivity contribution >= 4 is 23.0 Å². The quantitative estimate of drug-likeness (QED) is 0.245. The molecule has 0 radical (unpaired) electrons. The summed E-state index contributed by atoms with van der Waals surface area (Å²) in [6.07, 6.45) is 1.85. The van der Waals surface area contributed by atoms with Crippen molar-refractivity contribution in [2.24, 2.45) is 0 Å². The maximum atomic E-state index is 5.93. The van der Waals surface area contributed by atoms with Gasteiger partial charge in [-0.2, -0.15) is 0 Å². The van der Waals surface area contributed by atoms with Gasteiger partial charge >= 0.3 is 0 Å². The highest BCUT2D eigenvalue weighted by Gasteiger charge is 2.41. The van der Waals surface area contributed by atoms with E-state index >= 15 is 0 Å². The van der Waals surface area contributed by atoms with Crippen LogP contribution in [-0.4, -0.2) is 39.8 Å². The Balaban J connectivity index is 1.55. The number of aryl methyl sites for hydroxylation is 1. The zero-order chi connectivity index (χ0) is 27.5. The lowest BCUT2D eigenvalue weighted by Crippen LogP contribution is -2.29. The number of rotatable bonds is 9. The molecule has 0 spiro atoms. The molecule has 1 fully saturated rings. The van der Waals surface area contributed by atoms with Crippen LogP contribution in [0.3, 0.4) is 0 Å². The van der Waals surface area contributed by atoms with Gasteiger partial charge in [-0.05, 0) is 106 Å². The summed E-state index contributed by atoms with van der Waals surface area (Å²) in [6.45, 7) is 11.5. The van der Waals surface area contributed by atoms with Crippen LogP contribution in [-0.2, 0) is 6.54 Å². The van der Waals surface area contributed by atoms with E-state index in [9.17, 15) is 0 Å². The number of thiocarbonyl (C=S) groups is 1. The van der Waals surface area contributed by atoms with Crippen molar-refractivity contribution < 1.29 is 4.74 Å². The van der Waals surface area contributed by atoms with Crippen molar-refractivity contribution in [1.29, 1.82) is 0 Å². The molecule has 6 nitrogen and oxygen atoms in total. The van der Waals surface area contributed by atoms with E-state index in [4.69, 9.17) is 21.9 Å². The molecule has 5 rings (SSSR count). The number of hydrogen-bond acceptors (Lipinski definition) is 4. The van der Waals surface area contributed by atoms with Crippen molar-refractivity contribution in [3.63, 3.8) is 0 Å². The molecule has 0 aliphatic carbocycles. The minimum atomic E-state index is -0.0593. The highest BCUT2D eigenvalue weighted by atomic mass is 32.1. The van der Waals surface area contributed by atoms with Gasteiger partial charge in [0.2, 0.25) is 0 Å². The number of anilines is 1. The number of hydrogen-bond donors (Lipinski definition) is 1. The predicted molar refractivity (Wildman–Crippen MR) is 163 cm³/mol. The van der Waals surface area contributed by atoms with Crippen molar-refractivity contribution in [3.8, 4) is 11.4 Å². The monoisotopic (exact) mass is 539 g/mol. The van der Waals surface area contributed by atoms with Crippen molar-refractivity contribution in [2.45, 2.75) is 46.3 Å². The molecule has 7 heteroatoms. The zero-order valence-electron chi connectivity index (χ0n) is 23.4. The fraction of sp³-hybridized carbons (Fsp3) is 0.312. The van der Waals surface area contributed by atoms with Gasteiger partial charge in [0.05, 0.1) is 24.9 Å². The van der Waals surface area contributed by atoms with Crippen LogP contribution in [0.4, 0.5) is 5.69 Å². The summed E-state index contributed by atoms with van der Waals surface area (Å²) in [5.74, 6) is 0.847. The molecule has 2 atom stereocenters. The topological polar surface area (TPSA) is 45.6 Å². The number of ether oxygens (including phenoxy) is 1. The summed E-state index contributed by atoms with van der Waals surface area (Å²) in [4.78, 5) is 9.38. The number of nitrogens with one attached hydrogen (secondary N) is 1. The van der Waals surface area contributed by atoms with Gasteiger partial charge in [-0.25, -0.2) is 0 Å². The molecular weight excluding hydrogens is 502 g/mol. The molecule has 39 heavy (non-hydrogen) atoms. The highest BCUT2D eigenvalue weighted by molar-refractivity contribution is 7.80. The SMILES string of the molecule is CCN(CC)c1ccc(-n2c(C)cc([C@@H]3[C@@H](c4ccccn4)NC(=S)N3Cc3ccc(OC)cc3)c2C)cc1. The summed E-state index contributed by atoms with van der Waals surface area (Å²) >= 11 is 5.93. The maximum absolute atomic E-state index is 5.93. The lowest BCUT2D eigenvalue weighted by molar-refractivity contribution is 0.310. The average Bonchev–Trinajstić information content (AvgIpc) is 3.44. The van der Waals surface area contributed by atoms with E-state index in [0.717, 1.165) is 35.3 Å². The molecule has 3 heterocycles. The van der Waals surface area contributed by atoms with Crippen LogP contribution in [0, 0.1) is 13.8 Å². The summed E-state index contributed by atoms with van der Waals surface area (Å²) in [5, 5.41) is 4.33. The van der Waals surface area contributed by atoms with Crippen LogP contribution < -0.4 is 15.0 Å². The number of nitrogens with zero attached hydrogens (tertiary/aromatic N) is 4. The standard InChI is InChI=1S/C32H37N5OS/c1-6-35(7-2)25-13-15-26(16-14-25)37-22(3)20-28(23(37)4)31-30(29-10-8-9-19-33-29)34-32(39)36(31)21-24-11-17-27(38-5)18-12-24/h8-20,30-31H,6-7,21H2,1-5H3,(H,34,39)/t30-,31-/m1/s1. The lowest BCUT2D eigenvalue weighted by Gasteiger charge is -2.28. The smallest absolute Gasteiger partial charge is 0.170 e. The van der Waals surface area contributed by atoms with Crippen LogP contribution in [0.15, 0.2) is 79.0 Å². The molecule has 0 unspecified atom stereocenters. The predicted octanol–water partition coefficient (Wildman–Crippen LogP) is 6.52. The van der Waals surface area contributed by atoms with E-state index in [1.165, 1.54) is 28.2 Å². The third kappa shape index (κ3) is 5.23. The summed E-state index contributed by atoms with van der Waals surface area (Å²) in [7, 11) is 1.69. The Morgan fingerprint density at radius 1 is 0.974 bits per heavy atom. The zero-order valence-corrected chi connectivity index (χ0v) is 24.2. The van der Waals surface area contributed by atoms with Crippen molar-refractivity contribution in [2.75, 3.05) is 25.1 Å². The Morgan fingerprint density at radius 2 is 1.69 bits per heavy atom. The van der Waals surface area contributed by atoms with Gasteiger partial charge in [0, 0.05) is 48.6 Å². The van der Waals surface area contributed by atoms with E-state index in [-0.39, 0.29) is 12.1 Å². The second-order valence-electron chi connectivity index (χ2n) is 9.95. The van der Waals surface area contributed by atoms with Gasteiger partial charge < -0.3 is 24.4 Å². The van der Waals surface area contributed by atoms with Gasteiger partial charge in [0.25, 0.3) is 0 Å². The molecule has 202 valence electrons. The summed E-state index contributed by atoms with van der Waals surface area (Å²) in [5.41, 5.74) is 8.22. The second-order valence-corrected chi connectivity index (χ2v) is 10.3. The molecular formula is C32H37N5OS. The summed E-state index contributed by atoms with van der Waals surface area (Å²) < 4.78 is 7.72. The van der Waals surface area contributed by atoms with Gasteiger partial charge in [0.15, 0.2) is 5.11 Å². The molecule has 0 amide bonds. The van der Waals surface area contributed by atoms with Crippen LogP contribution >= 0.6 is 12.2 Å². The fourth-order valence-corrected chi connectivity index (χ4v) is 6.03. The second kappa shape index (κ2) is 11.5. The number of methoxy groups -OCH3 is 1. The molecule has 0 saturated carbocycles. The summed E-state index contributed by atoms with van der Waals surface area (Å²) in [6, 6.07) is 25.4. The van der Waals surface area contributed by atoms with Crippen molar-refractivity contribution in [3.05, 3.63) is 107 Å². The first-order valence-electron chi connectivity index (χ1n) is 13.6. The highest BCUT2D eigenvalue weighted by Crippen LogP contribution is 2.42. The Morgan fingerprint density at radius 3 is 2.31 bits per heavy atom. The van der Waals surface area contributed by atoms with Gasteiger partial charge in [-0.3, -0.25) is 4.98 Å². The molecule has 2 aromatic heterocycles. The first kappa shape index (κ1) is 26.8. The van der Waals surface area contributed by atoms with E-state index in [1.807, 2.05) is 30.5 Å². The Bertz CT molecular complexity index is 1410. The van der Waals surface area contributed by atoms with Crippen LogP contribution in [0.5, 0.6) is 5.75 Å². The molecule has 4 aromatic rings. The largest absolute Gasteiger partial charge is 0.497 e. The third-order valence-electron chi connectivity index (χ3n) is 7.74. The molecule has 1 saturated heterocycles. The first-order chi connectivity index (χ1) is 18.9. The normalized spacial score (nSPS) is 16.8. The Kier molecular flexibility index (Phi) is 7.89. The fourth-order valence-electron chi connectivity index (χ4n) is 5.73. The minimum Gasteiger partial charge on any atom is -0.497 e. The van der Waals surface area contributed by atoms with Crippen LogP contribution in [0.25, 0.3) is 5.69 Å². The van der Waals surface area contributed by atoms with Gasteiger partial charge in [-0.1, -0.05) is 18.2 Å². The van der Waals surface area contributed by atoms with Crippen molar-refractivity contribution in [1.82, 2.24) is 19.8 Å². The Labute approximate surface area is 237 Å². The van der Waals surface area contributed by atoms with E-state index in [0.29, 0.717) is 6.54 Å². The molecule has 1 aliphatic heterocycles. The first-order valence-corrected chi connectivity index (χ1v) is 14.0. The van der Waals surface area contributed by atoms with E-state index in [1.54, 1.807) is 7.11 Å².